The van der Waals surface area contributed by atoms with Gasteiger partial charge in [0, 0.05) is 24.3 Å². The lowest BCUT2D eigenvalue weighted by atomic mass is 10.1. The van der Waals surface area contributed by atoms with Gasteiger partial charge in [0.15, 0.2) is 0 Å². The van der Waals surface area contributed by atoms with E-state index >= 15 is 0 Å². The number of nitrogen functional groups attached to an aromatic ring is 1. The van der Waals surface area contributed by atoms with Crippen molar-refractivity contribution in [3.8, 4) is 0 Å². The summed E-state index contributed by atoms with van der Waals surface area (Å²) >= 11 is 0. The van der Waals surface area contributed by atoms with Crippen molar-refractivity contribution in [2.75, 3.05) is 18.8 Å². The third-order valence-corrected chi connectivity index (χ3v) is 3.83. The molecule has 0 spiro atoms. The van der Waals surface area contributed by atoms with Crippen LogP contribution in [0.5, 0.6) is 0 Å². The van der Waals surface area contributed by atoms with Gasteiger partial charge in [-0.05, 0) is 55.2 Å². The molecule has 2 rings (SSSR count). The zero-order chi connectivity index (χ0) is 16.8. The van der Waals surface area contributed by atoms with Crippen LogP contribution in [0.15, 0.2) is 42.5 Å². The topological polar surface area (TPSA) is 46.3 Å². The lowest BCUT2D eigenvalue weighted by Crippen LogP contribution is -2.34. The van der Waals surface area contributed by atoms with Crippen LogP contribution < -0.4 is 5.73 Å². The summed E-state index contributed by atoms with van der Waals surface area (Å²) in [7, 11) is 0. The summed E-state index contributed by atoms with van der Waals surface area (Å²) in [5.74, 6) is -0.268. The Labute approximate surface area is 149 Å². The van der Waals surface area contributed by atoms with Gasteiger partial charge in [0.25, 0.3) is 5.91 Å². The van der Waals surface area contributed by atoms with Crippen molar-refractivity contribution in [2.45, 2.75) is 26.7 Å². The van der Waals surface area contributed by atoms with Gasteiger partial charge in [0.1, 0.15) is 5.82 Å². The molecule has 1 amide bonds. The molecule has 5 heteroatoms. The first-order valence-corrected chi connectivity index (χ1v) is 7.91. The Balaban J connectivity index is 0.00000288. The van der Waals surface area contributed by atoms with Crippen LogP contribution in [0.3, 0.4) is 0 Å². The van der Waals surface area contributed by atoms with E-state index in [9.17, 15) is 9.18 Å². The van der Waals surface area contributed by atoms with E-state index in [0.717, 1.165) is 17.5 Å². The maximum absolute atomic E-state index is 13.3. The van der Waals surface area contributed by atoms with Gasteiger partial charge in [-0.15, -0.1) is 12.4 Å². The largest absolute Gasteiger partial charge is 0.399 e. The monoisotopic (exact) mass is 350 g/mol. The number of benzene rings is 2. The third-order valence-electron chi connectivity index (χ3n) is 3.83. The van der Waals surface area contributed by atoms with Crippen LogP contribution in [0, 0.1) is 12.7 Å². The zero-order valence-corrected chi connectivity index (χ0v) is 14.9. The molecule has 0 aromatic heterocycles. The van der Waals surface area contributed by atoms with Crippen LogP contribution in [0.1, 0.15) is 34.8 Å². The second-order valence-electron chi connectivity index (χ2n) is 5.75. The summed E-state index contributed by atoms with van der Waals surface area (Å²) in [6, 6.07) is 11.9. The molecule has 2 aromatic rings. The van der Waals surface area contributed by atoms with Crippen molar-refractivity contribution >= 4 is 24.0 Å². The van der Waals surface area contributed by atoms with Gasteiger partial charge < -0.3 is 10.6 Å². The summed E-state index contributed by atoms with van der Waals surface area (Å²) in [5.41, 5.74) is 8.83. The second-order valence-corrected chi connectivity index (χ2v) is 5.75. The van der Waals surface area contributed by atoms with E-state index in [1.165, 1.54) is 12.1 Å². The molecule has 0 aliphatic carbocycles. The van der Waals surface area contributed by atoms with Crippen LogP contribution in [-0.4, -0.2) is 23.9 Å². The number of nitrogens with zero attached hydrogens (tertiary/aromatic N) is 1. The first kappa shape index (κ1) is 20.0. The molecular weight excluding hydrogens is 327 g/mol. The number of nitrogens with two attached hydrogens (primary N) is 1. The number of anilines is 1. The van der Waals surface area contributed by atoms with Crippen LogP contribution in [0.4, 0.5) is 10.1 Å². The molecule has 2 N–H and O–H groups in total. The Morgan fingerprint density at radius 2 is 1.92 bits per heavy atom. The molecule has 2 aromatic carbocycles. The van der Waals surface area contributed by atoms with E-state index in [-0.39, 0.29) is 24.1 Å². The van der Waals surface area contributed by atoms with Crippen LogP contribution >= 0.6 is 12.4 Å². The van der Waals surface area contributed by atoms with Crippen molar-refractivity contribution < 1.29 is 9.18 Å². The first-order valence-electron chi connectivity index (χ1n) is 7.91. The second kappa shape index (κ2) is 9.28. The fourth-order valence-corrected chi connectivity index (χ4v) is 2.58. The fraction of sp³-hybridized carbons (Fsp3) is 0.316. The minimum Gasteiger partial charge on any atom is -0.399 e. The van der Waals surface area contributed by atoms with Gasteiger partial charge in [-0.25, -0.2) is 4.39 Å². The highest BCUT2D eigenvalue weighted by Crippen LogP contribution is 2.16. The smallest absolute Gasteiger partial charge is 0.254 e. The number of carbonyl (C=O) groups excluding carboxylic acids is 1. The van der Waals surface area contributed by atoms with Crippen LogP contribution in [-0.2, 0) is 6.42 Å². The van der Waals surface area contributed by atoms with Gasteiger partial charge in [0.05, 0.1) is 0 Å². The third kappa shape index (κ3) is 5.24. The summed E-state index contributed by atoms with van der Waals surface area (Å²) in [5, 5.41) is 0. The highest BCUT2D eigenvalue weighted by atomic mass is 35.5. The predicted molar refractivity (Wildman–Crippen MR) is 99.1 cm³/mol. The molecular formula is C19H24ClFN2O. The van der Waals surface area contributed by atoms with E-state index in [2.05, 4.69) is 0 Å². The van der Waals surface area contributed by atoms with E-state index in [1.54, 1.807) is 18.2 Å². The highest BCUT2D eigenvalue weighted by molar-refractivity contribution is 5.96. The number of halogens is 2. The van der Waals surface area contributed by atoms with Crippen molar-refractivity contribution in [3.05, 3.63) is 65.0 Å². The Hall–Kier alpha value is -2.07. The van der Waals surface area contributed by atoms with Gasteiger partial charge >= 0.3 is 0 Å². The SMILES string of the molecule is CCCN(CCc1cccc(F)c1)C(=O)c1cc(N)ccc1C.Cl. The molecule has 24 heavy (non-hydrogen) atoms. The average Bonchev–Trinajstić information content (AvgIpc) is 2.53. The molecule has 3 nitrogen and oxygen atoms in total. The van der Waals surface area contributed by atoms with Crippen molar-refractivity contribution in [1.82, 2.24) is 4.90 Å². The number of hydrogen-bond acceptors (Lipinski definition) is 2. The van der Waals surface area contributed by atoms with Gasteiger partial charge in [0.2, 0.25) is 0 Å². The molecule has 0 unspecified atom stereocenters. The molecule has 130 valence electrons. The molecule has 0 aliphatic rings. The maximum Gasteiger partial charge on any atom is 0.254 e. The number of aryl methyl sites for hydroxylation is 1. The molecule has 0 radical (unpaired) electrons. The van der Waals surface area contributed by atoms with Crippen molar-refractivity contribution in [2.24, 2.45) is 0 Å². The van der Waals surface area contributed by atoms with Gasteiger partial charge in [-0.1, -0.05) is 25.1 Å². The number of rotatable bonds is 6. The minimum absolute atomic E-state index is 0. The lowest BCUT2D eigenvalue weighted by molar-refractivity contribution is 0.0756. The predicted octanol–water partition coefficient (Wildman–Crippen LogP) is 4.23. The van der Waals surface area contributed by atoms with Crippen molar-refractivity contribution in [3.63, 3.8) is 0 Å². The first-order chi connectivity index (χ1) is 11.0. The van der Waals surface area contributed by atoms with Gasteiger partial charge in [-0.3, -0.25) is 4.79 Å². The van der Waals surface area contributed by atoms with E-state index in [0.29, 0.717) is 30.8 Å². The average molecular weight is 351 g/mol. The molecule has 0 bridgehead atoms. The molecule has 0 heterocycles. The molecule has 0 saturated carbocycles. The summed E-state index contributed by atoms with van der Waals surface area (Å²) in [4.78, 5) is 14.6. The molecule has 0 atom stereocenters. The fourth-order valence-electron chi connectivity index (χ4n) is 2.58. The van der Waals surface area contributed by atoms with E-state index in [4.69, 9.17) is 5.73 Å². The molecule has 0 aliphatic heterocycles. The van der Waals surface area contributed by atoms with Crippen LogP contribution in [0.25, 0.3) is 0 Å². The van der Waals surface area contributed by atoms with E-state index < -0.39 is 0 Å². The number of hydrogen-bond donors (Lipinski definition) is 1. The van der Waals surface area contributed by atoms with Crippen LogP contribution in [0.2, 0.25) is 0 Å². The minimum atomic E-state index is -0.248. The van der Waals surface area contributed by atoms with Crippen molar-refractivity contribution in [1.29, 1.82) is 0 Å². The highest BCUT2D eigenvalue weighted by Gasteiger charge is 2.17. The maximum atomic E-state index is 13.3. The summed E-state index contributed by atoms with van der Waals surface area (Å²) in [6.07, 6.45) is 1.50. The Bertz CT molecular complexity index is 691. The normalized spacial score (nSPS) is 10.1. The standard InChI is InChI=1S/C19H23FN2O.ClH/c1-3-10-22(11-9-15-5-4-6-16(20)12-15)19(23)18-13-17(21)8-7-14(18)2;/h4-8,12-13H,3,9-11,21H2,1-2H3;1H. The molecule has 0 saturated heterocycles. The Kier molecular flexibility index (Phi) is 7.72. The zero-order valence-electron chi connectivity index (χ0n) is 14.1. The van der Waals surface area contributed by atoms with Gasteiger partial charge in [-0.2, -0.15) is 0 Å². The van der Waals surface area contributed by atoms with E-state index in [1.807, 2.05) is 30.9 Å². The Morgan fingerprint density at radius 1 is 1.17 bits per heavy atom. The summed E-state index contributed by atoms with van der Waals surface area (Å²) in [6.45, 7) is 5.17. The summed E-state index contributed by atoms with van der Waals surface area (Å²) < 4.78 is 13.3. The number of amides is 1. The molecule has 0 fully saturated rings. The quantitative estimate of drug-likeness (QED) is 0.792. The Morgan fingerprint density at radius 3 is 2.58 bits per heavy atom. The lowest BCUT2D eigenvalue weighted by Gasteiger charge is -2.23. The number of carbonyl (C=O) groups is 1.